The van der Waals surface area contributed by atoms with Gasteiger partial charge in [-0.15, -0.1) is 11.8 Å². The van der Waals surface area contributed by atoms with Crippen LogP contribution >= 0.6 is 11.8 Å². The standard InChI is InChI=1S/C17H15F2NO3S/c1-10(11-2-5-15-16(6-11)23-9-22-15)20-17(21)8-24-12-3-4-13(18)14(19)7-12/h2-7,10H,8-9H2,1H3,(H,20,21). The van der Waals surface area contributed by atoms with Crippen LogP contribution in [0, 0.1) is 11.6 Å². The molecule has 24 heavy (non-hydrogen) atoms. The van der Waals surface area contributed by atoms with Crippen LogP contribution in [0.1, 0.15) is 18.5 Å². The maximum Gasteiger partial charge on any atom is 0.231 e. The van der Waals surface area contributed by atoms with E-state index in [1.165, 1.54) is 6.07 Å². The van der Waals surface area contributed by atoms with Crippen molar-refractivity contribution in [2.24, 2.45) is 0 Å². The highest BCUT2D eigenvalue weighted by Gasteiger charge is 2.17. The van der Waals surface area contributed by atoms with Crippen molar-refractivity contribution >= 4 is 17.7 Å². The monoisotopic (exact) mass is 351 g/mol. The van der Waals surface area contributed by atoms with E-state index in [2.05, 4.69) is 5.32 Å². The summed E-state index contributed by atoms with van der Waals surface area (Å²) in [5.74, 6) is -0.569. The summed E-state index contributed by atoms with van der Waals surface area (Å²) in [5.41, 5.74) is 0.894. The number of fused-ring (bicyclic) bond motifs is 1. The average Bonchev–Trinajstić information content (AvgIpc) is 3.03. The molecule has 7 heteroatoms. The highest BCUT2D eigenvalue weighted by atomic mass is 32.2. The Kier molecular flexibility index (Phi) is 4.89. The molecule has 0 fully saturated rings. The van der Waals surface area contributed by atoms with Crippen molar-refractivity contribution in [3.05, 3.63) is 53.6 Å². The molecule has 1 unspecified atom stereocenters. The predicted octanol–water partition coefficient (Wildman–Crippen LogP) is 3.66. The van der Waals surface area contributed by atoms with E-state index in [1.54, 1.807) is 6.07 Å². The molecular weight excluding hydrogens is 336 g/mol. The van der Waals surface area contributed by atoms with Gasteiger partial charge in [0.15, 0.2) is 23.1 Å². The molecule has 0 bridgehead atoms. The van der Waals surface area contributed by atoms with Crippen LogP contribution in [-0.4, -0.2) is 18.5 Å². The highest BCUT2D eigenvalue weighted by Crippen LogP contribution is 2.34. The number of carbonyl (C=O) groups is 1. The van der Waals surface area contributed by atoms with Gasteiger partial charge in [-0.2, -0.15) is 0 Å². The van der Waals surface area contributed by atoms with Crippen molar-refractivity contribution in [1.82, 2.24) is 5.32 Å². The first-order chi connectivity index (χ1) is 11.5. The van der Waals surface area contributed by atoms with Gasteiger partial charge >= 0.3 is 0 Å². The minimum atomic E-state index is -0.922. The fourth-order valence-electron chi connectivity index (χ4n) is 2.26. The van der Waals surface area contributed by atoms with E-state index in [0.29, 0.717) is 16.4 Å². The average molecular weight is 351 g/mol. The lowest BCUT2D eigenvalue weighted by Gasteiger charge is -2.14. The summed E-state index contributed by atoms with van der Waals surface area (Å²) in [5, 5.41) is 2.86. The number of ether oxygens (including phenoxy) is 2. The fourth-order valence-corrected chi connectivity index (χ4v) is 3.00. The van der Waals surface area contributed by atoms with Crippen LogP contribution in [0.2, 0.25) is 0 Å². The van der Waals surface area contributed by atoms with Crippen LogP contribution < -0.4 is 14.8 Å². The molecule has 1 heterocycles. The molecule has 1 atom stereocenters. The smallest absolute Gasteiger partial charge is 0.231 e. The van der Waals surface area contributed by atoms with Gasteiger partial charge in [0.2, 0.25) is 12.7 Å². The van der Waals surface area contributed by atoms with E-state index in [-0.39, 0.29) is 24.5 Å². The summed E-state index contributed by atoms with van der Waals surface area (Å²) in [6.45, 7) is 2.06. The van der Waals surface area contributed by atoms with Crippen molar-refractivity contribution in [2.45, 2.75) is 17.9 Å². The summed E-state index contributed by atoms with van der Waals surface area (Å²) in [6.07, 6.45) is 0. The Morgan fingerprint density at radius 2 is 1.96 bits per heavy atom. The van der Waals surface area contributed by atoms with Crippen LogP contribution in [0.5, 0.6) is 11.5 Å². The summed E-state index contributed by atoms with van der Waals surface area (Å²) in [4.78, 5) is 12.5. The third-order valence-electron chi connectivity index (χ3n) is 3.54. The van der Waals surface area contributed by atoms with Crippen LogP contribution in [0.25, 0.3) is 0 Å². The summed E-state index contributed by atoms with van der Waals surface area (Å²) in [7, 11) is 0. The lowest BCUT2D eigenvalue weighted by molar-refractivity contribution is -0.119. The number of thioether (sulfide) groups is 1. The summed E-state index contributed by atoms with van der Waals surface area (Å²) >= 11 is 1.15. The minimum absolute atomic E-state index is 0.111. The first-order valence-electron chi connectivity index (χ1n) is 7.29. The second kappa shape index (κ2) is 7.09. The second-order valence-electron chi connectivity index (χ2n) is 5.27. The van der Waals surface area contributed by atoms with Crippen molar-refractivity contribution in [3.8, 4) is 11.5 Å². The molecule has 1 aliphatic rings. The Morgan fingerprint density at radius 1 is 1.17 bits per heavy atom. The number of carbonyl (C=O) groups excluding carboxylic acids is 1. The molecule has 0 spiro atoms. The lowest BCUT2D eigenvalue weighted by atomic mass is 10.1. The van der Waals surface area contributed by atoms with Gasteiger partial charge in [0, 0.05) is 4.90 Å². The summed E-state index contributed by atoms with van der Waals surface area (Å²) < 4.78 is 36.6. The number of hydrogen-bond donors (Lipinski definition) is 1. The molecule has 126 valence electrons. The fraction of sp³-hybridized carbons (Fsp3) is 0.235. The molecule has 0 saturated carbocycles. The maximum absolute atomic E-state index is 13.1. The lowest BCUT2D eigenvalue weighted by Crippen LogP contribution is -2.28. The highest BCUT2D eigenvalue weighted by molar-refractivity contribution is 8.00. The topological polar surface area (TPSA) is 47.6 Å². The Morgan fingerprint density at radius 3 is 2.75 bits per heavy atom. The molecule has 0 radical (unpaired) electrons. The van der Waals surface area contributed by atoms with Gasteiger partial charge in [-0.3, -0.25) is 4.79 Å². The van der Waals surface area contributed by atoms with E-state index in [0.717, 1.165) is 29.5 Å². The molecule has 1 N–H and O–H groups in total. The van der Waals surface area contributed by atoms with Crippen molar-refractivity contribution < 1.29 is 23.0 Å². The maximum atomic E-state index is 13.1. The minimum Gasteiger partial charge on any atom is -0.454 e. The number of halogens is 2. The van der Waals surface area contributed by atoms with Crippen molar-refractivity contribution in [3.63, 3.8) is 0 Å². The molecule has 1 aliphatic heterocycles. The number of rotatable bonds is 5. The number of benzene rings is 2. The predicted molar refractivity (Wildman–Crippen MR) is 86.2 cm³/mol. The third-order valence-corrected chi connectivity index (χ3v) is 4.53. The summed E-state index contributed by atoms with van der Waals surface area (Å²) in [6, 6.07) is 8.85. The Bertz CT molecular complexity index is 769. The van der Waals surface area contributed by atoms with E-state index in [9.17, 15) is 13.6 Å². The van der Waals surface area contributed by atoms with E-state index < -0.39 is 11.6 Å². The molecule has 2 aromatic carbocycles. The largest absolute Gasteiger partial charge is 0.454 e. The second-order valence-corrected chi connectivity index (χ2v) is 6.32. The molecule has 0 aliphatic carbocycles. The molecule has 3 rings (SSSR count). The third kappa shape index (κ3) is 3.79. The van der Waals surface area contributed by atoms with Crippen LogP contribution in [0.3, 0.4) is 0 Å². The van der Waals surface area contributed by atoms with Crippen molar-refractivity contribution in [2.75, 3.05) is 12.5 Å². The first kappa shape index (κ1) is 16.6. The SMILES string of the molecule is CC(NC(=O)CSc1ccc(F)c(F)c1)c1ccc2c(c1)OCO2. The zero-order valence-electron chi connectivity index (χ0n) is 12.8. The van der Waals surface area contributed by atoms with Gasteiger partial charge in [0.05, 0.1) is 11.8 Å². The normalized spacial score (nSPS) is 13.6. The molecule has 1 amide bonds. The zero-order chi connectivity index (χ0) is 17.1. The van der Waals surface area contributed by atoms with Gasteiger partial charge in [-0.05, 0) is 42.8 Å². The molecule has 2 aromatic rings. The number of hydrogen-bond acceptors (Lipinski definition) is 4. The van der Waals surface area contributed by atoms with E-state index in [1.807, 2.05) is 19.1 Å². The van der Waals surface area contributed by atoms with Gasteiger partial charge in [0.1, 0.15) is 0 Å². The zero-order valence-corrected chi connectivity index (χ0v) is 13.7. The van der Waals surface area contributed by atoms with E-state index in [4.69, 9.17) is 9.47 Å². The van der Waals surface area contributed by atoms with Crippen molar-refractivity contribution in [1.29, 1.82) is 0 Å². The van der Waals surface area contributed by atoms with E-state index >= 15 is 0 Å². The van der Waals surface area contributed by atoms with Crippen LogP contribution in [-0.2, 0) is 4.79 Å². The molecule has 4 nitrogen and oxygen atoms in total. The number of amides is 1. The molecule has 0 aromatic heterocycles. The quantitative estimate of drug-likeness (QED) is 0.835. The van der Waals surface area contributed by atoms with Gasteiger partial charge in [-0.1, -0.05) is 6.07 Å². The number of nitrogens with one attached hydrogen (secondary N) is 1. The first-order valence-corrected chi connectivity index (χ1v) is 8.28. The molecular formula is C17H15F2NO3S. The van der Waals surface area contributed by atoms with Crippen LogP contribution in [0.4, 0.5) is 8.78 Å². The Balaban J connectivity index is 1.55. The van der Waals surface area contributed by atoms with Gasteiger partial charge in [-0.25, -0.2) is 8.78 Å². The molecule has 0 saturated heterocycles. The Labute approximate surface area is 142 Å². The van der Waals surface area contributed by atoms with Gasteiger partial charge < -0.3 is 14.8 Å². The Hall–Kier alpha value is -2.28. The van der Waals surface area contributed by atoms with Crippen LogP contribution in [0.15, 0.2) is 41.3 Å². The van der Waals surface area contributed by atoms with Gasteiger partial charge in [0.25, 0.3) is 0 Å².